The monoisotopic (exact) mass is 201 g/mol. The van der Waals surface area contributed by atoms with Crippen LogP contribution in [-0.4, -0.2) is 19.0 Å². The van der Waals surface area contributed by atoms with E-state index in [1.807, 2.05) is 30.5 Å². The van der Waals surface area contributed by atoms with Gasteiger partial charge in [0.1, 0.15) is 0 Å². The summed E-state index contributed by atoms with van der Waals surface area (Å²) < 4.78 is 0. The molecule has 3 nitrogen and oxygen atoms in total. The Balaban J connectivity index is 2.24. The highest BCUT2D eigenvalue weighted by Crippen LogP contribution is 2.13. The van der Waals surface area contributed by atoms with Gasteiger partial charge in [-0.1, -0.05) is 18.2 Å². The maximum Gasteiger partial charge on any atom is 0.203 e. The minimum atomic E-state index is 0.849. The molecule has 78 valence electrons. The number of aliphatic imine (C=N–C) groups is 1. The van der Waals surface area contributed by atoms with Gasteiger partial charge in [0, 0.05) is 25.0 Å². The maximum atomic E-state index is 4.33. The minimum Gasteiger partial charge on any atom is -0.352 e. The third kappa shape index (κ3) is 2.18. The summed E-state index contributed by atoms with van der Waals surface area (Å²) in [6, 6.07) is 10.3. The summed E-state index contributed by atoms with van der Waals surface area (Å²) in [4.78, 5) is 6.48. The second-order valence-electron chi connectivity index (χ2n) is 3.30. The van der Waals surface area contributed by atoms with E-state index in [0.717, 1.165) is 19.0 Å². The van der Waals surface area contributed by atoms with Crippen LogP contribution in [0.15, 0.2) is 47.6 Å². The predicted molar refractivity (Wildman–Crippen MR) is 64.0 cm³/mol. The van der Waals surface area contributed by atoms with Gasteiger partial charge in [0.25, 0.3) is 0 Å². The van der Waals surface area contributed by atoms with E-state index in [1.165, 1.54) is 5.69 Å². The van der Waals surface area contributed by atoms with Gasteiger partial charge in [-0.3, -0.25) is 0 Å². The molecule has 0 unspecified atom stereocenters. The van der Waals surface area contributed by atoms with E-state index in [1.54, 1.807) is 0 Å². The SMILES string of the molecule is CCN(C1=NC=CCN1)c1ccccc1. The first-order valence-electron chi connectivity index (χ1n) is 5.21. The summed E-state index contributed by atoms with van der Waals surface area (Å²) in [5, 5.41) is 3.26. The van der Waals surface area contributed by atoms with E-state index in [0.29, 0.717) is 0 Å². The lowest BCUT2D eigenvalue weighted by Gasteiger charge is -2.25. The van der Waals surface area contributed by atoms with Gasteiger partial charge in [-0.15, -0.1) is 0 Å². The summed E-state index contributed by atoms with van der Waals surface area (Å²) in [7, 11) is 0. The molecule has 1 aromatic rings. The first-order valence-corrected chi connectivity index (χ1v) is 5.21. The van der Waals surface area contributed by atoms with Gasteiger partial charge in [0.05, 0.1) is 0 Å². The molecular formula is C12H15N3. The fraction of sp³-hybridized carbons (Fsp3) is 0.250. The Bertz CT molecular complexity index is 368. The fourth-order valence-corrected chi connectivity index (χ4v) is 1.60. The highest BCUT2D eigenvalue weighted by molar-refractivity contribution is 5.96. The van der Waals surface area contributed by atoms with Crippen LogP contribution in [0.5, 0.6) is 0 Å². The van der Waals surface area contributed by atoms with Gasteiger partial charge >= 0.3 is 0 Å². The molecule has 1 heterocycles. The van der Waals surface area contributed by atoms with E-state index in [-0.39, 0.29) is 0 Å². The standard InChI is InChI=1S/C12H15N3/c1-2-15(11-7-4-3-5-8-11)12-13-9-6-10-14-12/h3-9H,2,10H2,1H3,(H,13,14). The van der Waals surface area contributed by atoms with Crippen LogP contribution in [0.4, 0.5) is 5.69 Å². The van der Waals surface area contributed by atoms with Gasteiger partial charge in [-0.05, 0) is 25.1 Å². The number of hydrogen-bond acceptors (Lipinski definition) is 3. The van der Waals surface area contributed by atoms with E-state index >= 15 is 0 Å². The summed E-state index contributed by atoms with van der Waals surface area (Å²) in [6.07, 6.45) is 3.85. The Hall–Kier alpha value is -1.77. The van der Waals surface area contributed by atoms with Gasteiger partial charge in [-0.25, -0.2) is 4.99 Å². The maximum absolute atomic E-state index is 4.33. The number of benzene rings is 1. The molecule has 15 heavy (non-hydrogen) atoms. The molecule has 0 aromatic heterocycles. The Morgan fingerprint density at radius 1 is 1.33 bits per heavy atom. The molecule has 3 heteroatoms. The number of nitrogens with one attached hydrogen (secondary N) is 1. The van der Waals surface area contributed by atoms with Crippen LogP contribution in [0.1, 0.15) is 6.92 Å². The van der Waals surface area contributed by atoms with Crippen LogP contribution in [0.25, 0.3) is 0 Å². The molecule has 1 N–H and O–H groups in total. The molecule has 2 rings (SSSR count). The van der Waals surface area contributed by atoms with Crippen LogP contribution in [0.3, 0.4) is 0 Å². The Morgan fingerprint density at radius 3 is 2.73 bits per heavy atom. The molecule has 1 aromatic carbocycles. The fourth-order valence-electron chi connectivity index (χ4n) is 1.60. The predicted octanol–water partition coefficient (Wildman–Crippen LogP) is 1.99. The molecule has 0 amide bonds. The normalized spacial score (nSPS) is 14.3. The van der Waals surface area contributed by atoms with Crippen molar-refractivity contribution in [2.24, 2.45) is 4.99 Å². The quantitative estimate of drug-likeness (QED) is 0.792. The average Bonchev–Trinajstić information content (AvgIpc) is 2.33. The van der Waals surface area contributed by atoms with Crippen LogP contribution in [0, 0.1) is 0 Å². The zero-order valence-corrected chi connectivity index (χ0v) is 8.85. The van der Waals surface area contributed by atoms with Crippen LogP contribution in [-0.2, 0) is 0 Å². The van der Waals surface area contributed by atoms with Crippen molar-refractivity contribution in [3.8, 4) is 0 Å². The molecule has 0 fully saturated rings. The topological polar surface area (TPSA) is 27.6 Å². The number of para-hydroxylation sites is 1. The lowest BCUT2D eigenvalue weighted by molar-refractivity contribution is 0.927. The van der Waals surface area contributed by atoms with E-state index < -0.39 is 0 Å². The van der Waals surface area contributed by atoms with Gasteiger partial charge in [0.15, 0.2) is 0 Å². The van der Waals surface area contributed by atoms with Crippen molar-refractivity contribution in [1.82, 2.24) is 5.32 Å². The molecule has 0 saturated heterocycles. The van der Waals surface area contributed by atoms with Crippen molar-refractivity contribution in [2.75, 3.05) is 18.0 Å². The van der Waals surface area contributed by atoms with Crippen molar-refractivity contribution >= 4 is 11.6 Å². The van der Waals surface area contributed by atoms with Crippen LogP contribution < -0.4 is 10.2 Å². The number of hydrogen-bond donors (Lipinski definition) is 1. The van der Waals surface area contributed by atoms with E-state index in [9.17, 15) is 0 Å². The third-order valence-corrected chi connectivity index (χ3v) is 2.32. The Morgan fingerprint density at radius 2 is 2.13 bits per heavy atom. The lowest BCUT2D eigenvalue weighted by atomic mass is 10.3. The minimum absolute atomic E-state index is 0.849. The highest BCUT2D eigenvalue weighted by atomic mass is 15.3. The van der Waals surface area contributed by atoms with E-state index in [2.05, 4.69) is 34.3 Å². The number of nitrogens with zero attached hydrogens (tertiary/aromatic N) is 2. The summed E-state index contributed by atoms with van der Waals surface area (Å²) >= 11 is 0. The Labute approximate surface area is 90.1 Å². The molecule has 0 spiro atoms. The molecule has 0 saturated carbocycles. The molecular weight excluding hydrogens is 186 g/mol. The van der Waals surface area contributed by atoms with Crippen molar-refractivity contribution in [3.63, 3.8) is 0 Å². The molecule has 0 aliphatic carbocycles. The summed E-state index contributed by atoms with van der Waals surface area (Å²) in [6.45, 7) is 3.88. The largest absolute Gasteiger partial charge is 0.352 e. The van der Waals surface area contributed by atoms with Crippen molar-refractivity contribution < 1.29 is 0 Å². The molecule has 1 aliphatic rings. The second-order valence-corrected chi connectivity index (χ2v) is 3.30. The molecule has 0 atom stereocenters. The number of guanidine groups is 1. The lowest BCUT2D eigenvalue weighted by Crippen LogP contribution is -2.42. The van der Waals surface area contributed by atoms with Crippen LogP contribution in [0.2, 0.25) is 0 Å². The van der Waals surface area contributed by atoms with Gasteiger partial charge in [0.2, 0.25) is 5.96 Å². The molecule has 0 bridgehead atoms. The molecule has 1 aliphatic heterocycles. The van der Waals surface area contributed by atoms with Gasteiger partial charge < -0.3 is 10.2 Å². The third-order valence-electron chi connectivity index (χ3n) is 2.32. The van der Waals surface area contributed by atoms with E-state index in [4.69, 9.17) is 0 Å². The first kappa shape index (κ1) is 9.77. The zero-order valence-electron chi connectivity index (χ0n) is 8.85. The first-order chi connectivity index (χ1) is 7.42. The smallest absolute Gasteiger partial charge is 0.203 e. The van der Waals surface area contributed by atoms with Crippen molar-refractivity contribution in [2.45, 2.75) is 6.92 Å². The summed E-state index contributed by atoms with van der Waals surface area (Å²) in [5.74, 6) is 0.922. The number of anilines is 1. The number of rotatable bonds is 2. The Kier molecular flexibility index (Phi) is 3.02. The van der Waals surface area contributed by atoms with Crippen molar-refractivity contribution in [3.05, 3.63) is 42.6 Å². The van der Waals surface area contributed by atoms with Gasteiger partial charge in [-0.2, -0.15) is 0 Å². The highest BCUT2D eigenvalue weighted by Gasteiger charge is 2.11. The zero-order chi connectivity index (χ0) is 10.5. The molecule has 0 radical (unpaired) electrons. The van der Waals surface area contributed by atoms with Crippen molar-refractivity contribution in [1.29, 1.82) is 0 Å². The average molecular weight is 201 g/mol. The van der Waals surface area contributed by atoms with Crippen LogP contribution >= 0.6 is 0 Å². The summed E-state index contributed by atoms with van der Waals surface area (Å²) in [5.41, 5.74) is 1.17. The second kappa shape index (κ2) is 4.64.